The van der Waals surface area contributed by atoms with Crippen molar-refractivity contribution in [2.24, 2.45) is 0 Å². The van der Waals surface area contributed by atoms with Gasteiger partial charge in [-0.05, 0) is 37.3 Å². The van der Waals surface area contributed by atoms with Crippen LogP contribution in [0.25, 0.3) is 0 Å². The highest BCUT2D eigenvalue weighted by molar-refractivity contribution is 7.89. The van der Waals surface area contributed by atoms with Crippen molar-refractivity contribution < 1.29 is 23.1 Å². The Hall–Kier alpha value is -3.58. The maximum atomic E-state index is 13.1. The number of benzene rings is 2. The van der Waals surface area contributed by atoms with Gasteiger partial charge in [0.2, 0.25) is 15.9 Å². The number of hydrogen-bond donors (Lipinski definition) is 1. The molecular formula is C19H21N5O7S. The second-order valence-corrected chi connectivity index (χ2v) is 9.19. The Morgan fingerprint density at radius 3 is 2.25 bits per heavy atom. The van der Waals surface area contributed by atoms with E-state index in [4.69, 9.17) is 0 Å². The van der Waals surface area contributed by atoms with E-state index in [0.29, 0.717) is 5.69 Å². The minimum Gasteiger partial charge on any atom is -0.363 e. The molecule has 3 rings (SSSR count). The summed E-state index contributed by atoms with van der Waals surface area (Å²) in [6.07, 6.45) is 0. The molecule has 12 nitrogen and oxygen atoms in total. The number of nitro benzene ring substituents is 2. The van der Waals surface area contributed by atoms with Crippen molar-refractivity contribution in [3.8, 4) is 0 Å². The molecule has 170 valence electrons. The fourth-order valence-corrected chi connectivity index (χ4v) is 5.22. The molecule has 1 amide bonds. The number of nitrogens with one attached hydrogen (secondary N) is 1. The average Bonchev–Trinajstić information content (AvgIpc) is 2.72. The smallest absolute Gasteiger partial charge is 0.299 e. The lowest BCUT2D eigenvalue weighted by Gasteiger charge is -2.39. The molecule has 0 radical (unpaired) electrons. The highest BCUT2D eigenvalue weighted by atomic mass is 32.2. The first-order chi connectivity index (χ1) is 15.0. The minimum atomic E-state index is -3.84. The van der Waals surface area contributed by atoms with Crippen LogP contribution in [0.4, 0.5) is 22.7 Å². The molecule has 1 aliphatic rings. The first kappa shape index (κ1) is 23.1. The lowest BCUT2D eigenvalue weighted by atomic mass is 10.1. The molecule has 0 saturated carbocycles. The van der Waals surface area contributed by atoms with E-state index in [-0.39, 0.29) is 36.1 Å². The highest BCUT2D eigenvalue weighted by Crippen LogP contribution is 2.34. The molecule has 0 bridgehead atoms. The molecular weight excluding hydrogens is 442 g/mol. The van der Waals surface area contributed by atoms with Gasteiger partial charge >= 0.3 is 0 Å². The van der Waals surface area contributed by atoms with Crippen molar-refractivity contribution in [1.82, 2.24) is 4.31 Å². The standard InChI is InChI=1S/C19H21N5O7S/c1-13-12-21(18-8-5-16(23(26)27)11-19(18)24(28)29)9-10-22(13)32(30,31)17-6-3-15(4-7-17)20-14(2)25/h3-8,11,13H,9-10,12H2,1-2H3,(H,20,25). The molecule has 1 atom stereocenters. The Morgan fingerprint density at radius 1 is 1.06 bits per heavy atom. The summed E-state index contributed by atoms with van der Waals surface area (Å²) in [5.74, 6) is -0.273. The molecule has 2 aromatic carbocycles. The molecule has 0 aliphatic carbocycles. The summed E-state index contributed by atoms with van der Waals surface area (Å²) in [7, 11) is -3.84. The second-order valence-electron chi connectivity index (χ2n) is 7.30. The number of carbonyl (C=O) groups is 1. The molecule has 0 spiro atoms. The predicted molar refractivity (Wildman–Crippen MR) is 116 cm³/mol. The third kappa shape index (κ3) is 4.68. The molecule has 1 fully saturated rings. The van der Waals surface area contributed by atoms with E-state index >= 15 is 0 Å². The minimum absolute atomic E-state index is 0.0632. The van der Waals surface area contributed by atoms with E-state index in [2.05, 4.69) is 5.32 Å². The summed E-state index contributed by atoms with van der Waals surface area (Å²) in [4.78, 5) is 33.9. The lowest BCUT2D eigenvalue weighted by Crippen LogP contribution is -2.54. The fraction of sp³-hybridized carbons (Fsp3) is 0.316. The summed E-state index contributed by atoms with van der Waals surface area (Å²) >= 11 is 0. The molecule has 1 saturated heterocycles. The SMILES string of the molecule is CC(=O)Nc1ccc(S(=O)(=O)N2CCN(c3ccc([N+](=O)[O-])cc3[N+](=O)[O-])CC2C)cc1. The third-order valence-corrected chi connectivity index (χ3v) is 7.08. The molecule has 1 N–H and O–H groups in total. The van der Waals surface area contributed by atoms with Gasteiger partial charge in [-0.2, -0.15) is 4.31 Å². The van der Waals surface area contributed by atoms with Crippen LogP contribution in [0.3, 0.4) is 0 Å². The van der Waals surface area contributed by atoms with Crippen LogP contribution in [0.2, 0.25) is 0 Å². The zero-order chi connectivity index (χ0) is 23.6. The van der Waals surface area contributed by atoms with E-state index in [1.54, 1.807) is 11.8 Å². The summed E-state index contributed by atoms with van der Waals surface area (Å²) in [6.45, 7) is 3.45. The van der Waals surface area contributed by atoms with E-state index in [9.17, 15) is 33.4 Å². The molecule has 1 heterocycles. The van der Waals surface area contributed by atoms with E-state index < -0.39 is 37.3 Å². The number of piperazine rings is 1. The maximum absolute atomic E-state index is 13.1. The Labute approximate surface area is 183 Å². The van der Waals surface area contributed by atoms with Crippen molar-refractivity contribution in [2.75, 3.05) is 29.9 Å². The Bertz CT molecular complexity index is 1170. The van der Waals surface area contributed by atoms with Crippen molar-refractivity contribution in [3.05, 3.63) is 62.7 Å². The van der Waals surface area contributed by atoms with Gasteiger partial charge in [-0.1, -0.05) is 0 Å². The van der Waals surface area contributed by atoms with E-state index in [1.807, 2.05) is 0 Å². The van der Waals surface area contributed by atoms with Gasteiger partial charge in [0.1, 0.15) is 5.69 Å². The van der Waals surface area contributed by atoms with E-state index in [0.717, 1.165) is 6.07 Å². The number of hydrogen-bond acceptors (Lipinski definition) is 8. The Balaban J connectivity index is 1.81. The monoisotopic (exact) mass is 463 g/mol. The first-order valence-corrected chi connectivity index (χ1v) is 11.0. The van der Waals surface area contributed by atoms with Crippen LogP contribution in [0, 0.1) is 20.2 Å². The molecule has 1 aliphatic heterocycles. The third-order valence-electron chi connectivity index (χ3n) is 5.06. The number of nitro groups is 2. The van der Waals surface area contributed by atoms with Crippen LogP contribution in [0.15, 0.2) is 47.4 Å². The molecule has 32 heavy (non-hydrogen) atoms. The summed E-state index contributed by atoms with van der Waals surface area (Å²) < 4.78 is 27.5. The highest BCUT2D eigenvalue weighted by Gasteiger charge is 2.35. The Morgan fingerprint density at radius 2 is 1.72 bits per heavy atom. The number of rotatable bonds is 6. The van der Waals surface area contributed by atoms with Crippen LogP contribution in [0.1, 0.15) is 13.8 Å². The van der Waals surface area contributed by atoms with Gasteiger partial charge in [-0.3, -0.25) is 25.0 Å². The molecule has 2 aromatic rings. The zero-order valence-corrected chi connectivity index (χ0v) is 18.1. The zero-order valence-electron chi connectivity index (χ0n) is 17.3. The quantitative estimate of drug-likeness (QED) is 0.505. The van der Waals surface area contributed by atoms with Crippen LogP contribution < -0.4 is 10.2 Å². The predicted octanol–water partition coefficient (Wildman–Crippen LogP) is 2.36. The molecule has 1 unspecified atom stereocenters. The summed E-state index contributed by atoms with van der Waals surface area (Å²) in [6, 6.07) is 8.69. The number of non-ortho nitro benzene ring substituents is 1. The number of amides is 1. The van der Waals surface area contributed by atoms with Crippen LogP contribution in [0.5, 0.6) is 0 Å². The van der Waals surface area contributed by atoms with Gasteiger partial charge in [0.15, 0.2) is 0 Å². The maximum Gasteiger partial charge on any atom is 0.299 e. The fourth-order valence-electron chi connectivity index (χ4n) is 3.60. The Kier molecular flexibility index (Phi) is 6.41. The van der Waals surface area contributed by atoms with Gasteiger partial charge in [0.05, 0.1) is 20.8 Å². The number of anilines is 2. The van der Waals surface area contributed by atoms with Gasteiger partial charge in [-0.15, -0.1) is 0 Å². The van der Waals surface area contributed by atoms with Crippen LogP contribution >= 0.6 is 0 Å². The van der Waals surface area contributed by atoms with Crippen LogP contribution in [-0.4, -0.2) is 54.2 Å². The van der Waals surface area contributed by atoms with Gasteiger partial charge < -0.3 is 10.2 Å². The van der Waals surface area contributed by atoms with E-state index in [1.165, 1.54) is 47.6 Å². The number of nitrogens with zero attached hydrogens (tertiary/aromatic N) is 4. The molecule has 13 heteroatoms. The van der Waals surface area contributed by atoms with Crippen molar-refractivity contribution in [2.45, 2.75) is 24.8 Å². The summed E-state index contributed by atoms with van der Waals surface area (Å²) in [5.41, 5.74) is -0.127. The van der Waals surface area contributed by atoms with Crippen molar-refractivity contribution in [3.63, 3.8) is 0 Å². The second kappa shape index (κ2) is 8.88. The van der Waals surface area contributed by atoms with Crippen LogP contribution in [-0.2, 0) is 14.8 Å². The lowest BCUT2D eigenvalue weighted by molar-refractivity contribution is -0.393. The first-order valence-electron chi connectivity index (χ1n) is 9.58. The summed E-state index contributed by atoms with van der Waals surface area (Å²) in [5, 5.41) is 25.0. The van der Waals surface area contributed by atoms with Crippen molar-refractivity contribution in [1.29, 1.82) is 0 Å². The number of sulfonamides is 1. The van der Waals surface area contributed by atoms with Gasteiger partial charge in [0, 0.05) is 44.4 Å². The van der Waals surface area contributed by atoms with Crippen molar-refractivity contribution >= 4 is 38.7 Å². The average molecular weight is 463 g/mol. The molecule has 0 aromatic heterocycles. The van der Waals surface area contributed by atoms with Gasteiger partial charge in [0.25, 0.3) is 11.4 Å². The van der Waals surface area contributed by atoms with Gasteiger partial charge in [-0.25, -0.2) is 8.42 Å². The number of carbonyl (C=O) groups excluding carboxylic acids is 1. The largest absolute Gasteiger partial charge is 0.363 e. The normalized spacial score (nSPS) is 17.1. The topological polar surface area (TPSA) is 156 Å².